The fraction of sp³-hybridized carbons (Fsp3) is 0.500. The van der Waals surface area contributed by atoms with Crippen molar-refractivity contribution in [3.8, 4) is 0 Å². The highest BCUT2D eigenvalue weighted by atomic mass is 32.1. The van der Waals surface area contributed by atoms with E-state index < -0.39 is 5.97 Å². The second-order valence-electron chi connectivity index (χ2n) is 2.74. The summed E-state index contributed by atoms with van der Waals surface area (Å²) in [4.78, 5) is 15.0. The van der Waals surface area contributed by atoms with E-state index >= 15 is 0 Å². The van der Waals surface area contributed by atoms with Crippen LogP contribution in [0, 0.1) is 6.92 Å². The number of nitrogens with zero attached hydrogens (tertiary/aromatic N) is 1. The van der Waals surface area contributed by atoms with Gasteiger partial charge < -0.3 is 15.5 Å². The van der Waals surface area contributed by atoms with Gasteiger partial charge in [-0.25, -0.2) is 9.78 Å². The zero-order valence-corrected chi connectivity index (χ0v) is 8.60. The molecule has 0 aromatic carbocycles. The number of nitrogens with one attached hydrogen (secondary N) is 1. The van der Waals surface area contributed by atoms with E-state index in [1.807, 2.05) is 0 Å². The molecular formula is C8H12N2O3S. The molecule has 0 bridgehead atoms. The van der Waals surface area contributed by atoms with Gasteiger partial charge >= 0.3 is 5.97 Å². The lowest BCUT2D eigenvalue weighted by molar-refractivity contribution is 0.0701. The highest BCUT2D eigenvalue weighted by Gasteiger charge is 2.13. The van der Waals surface area contributed by atoms with Gasteiger partial charge in [0.25, 0.3) is 0 Å². The molecule has 78 valence electrons. The lowest BCUT2D eigenvalue weighted by Crippen LogP contribution is -2.02. The number of rotatable bonds is 5. The van der Waals surface area contributed by atoms with Crippen LogP contribution in [0.4, 0.5) is 5.13 Å². The molecule has 0 radical (unpaired) electrons. The van der Waals surface area contributed by atoms with Crippen molar-refractivity contribution in [3.63, 3.8) is 0 Å². The van der Waals surface area contributed by atoms with Crippen molar-refractivity contribution >= 4 is 22.4 Å². The Morgan fingerprint density at radius 1 is 1.64 bits per heavy atom. The van der Waals surface area contributed by atoms with Crippen LogP contribution >= 0.6 is 11.3 Å². The normalized spacial score (nSPS) is 10.1. The molecule has 1 heterocycles. The smallest absolute Gasteiger partial charge is 0.347 e. The van der Waals surface area contributed by atoms with Crippen molar-refractivity contribution in [1.82, 2.24) is 4.98 Å². The summed E-state index contributed by atoms with van der Waals surface area (Å²) in [7, 11) is 0. The second-order valence-corrected chi connectivity index (χ2v) is 3.74. The molecule has 3 N–H and O–H groups in total. The molecule has 0 spiro atoms. The third-order valence-electron chi connectivity index (χ3n) is 1.60. The van der Waals surface area contributed by atoms with Crippen molar-refractivity contribution in [2.45, 2.75) is 13.3 Å². The topological polar surface area (TPSA) is 82.5 Å². The Hall–Kier alpha value is -1.14. The summed E-state index contributed by atoms with van der Waals surface area (Å²) >= 11 is 1.11. The monoisotopic (exact) mass is 216 g/mol. The molecule has 1 aromatic heterocycles. The van der Waals surface area contributed by atoms with Crippen LogP contribution in [-0.4, -0.2) is 34.3 Å². The number of aliphatic hydroxyl groups is 1. The fourth-order valence-corrected chi connectivity index (χ4v) is 1.78. The standard InChI is InChI=1S/C8H12N2O3S/c1-5-6(7(12)13)14-8(10-5)9-3-2-4-11/h11H,2-4H2,1H3,(H,9,10)(H,12,13). The Morgan fingerprint density at radius 3 is 2.86 bits per heavy atom. The van der Waals surface area contributed by atoms with Crippen LogP contribution in [0.3, 0.4) is 0 Å². The van der Waals surface area contributed by atoms with Crippen molar-refractivity contribution in [2.24, 2.45) is 0 Å². The number of carboxylic acids is 1. The van der Waals surface area contributed by atoms with Gasteiger partial charge in [-0.1, -0.05) is 11.3 Å². The highest BCUT2D eigenvalue weighted by Crippen LogP contribution is 2.22. The van der Waals surface area contributed by atoms with Crippen LogP contribution in [0.5, 0.6) is 0 Å². The predicted octanol–water partition coefficient (Wildman–Crippen LogP) is 0.944. The molecule has 1 rings (SSSR count). The Morgan fingerprint density at radius 2 is 2.36 bits per heavy atom. The van der Waals surface area contributed by atoms with E-state index in [0.717, 1.165) is 11.3 Å². The van der Waals surface area contributed by atoms with Gasteiger partial charge in [0.1, 0.15) is 4.88 Å². The largest absolute Gasteiger partial charge is 0.477 e. The van der Waals surface area contributed by atoms with E-state index in [1.165, 1.54) is 0 Å². The Labute approximate surface area is 85.4 Å². The quantitative estimate of drug-likeness (QED) is 0.638. The molecular weight excluding hydrogens is 204 g/mol. The first kappa shape index (κ1) is 10.9. The van der Waals surface area contributed by atoms with Crippen molar-refractivity contribution in [3.05, 3.63) is 10.6 Å². The van der Waals surface area contributed by atoms with Gasteiger partial charge in [0, 0.05) is 13.2 Å². The Balaban J connectivity index is 2.62. The number of hydrogen-bond acceptors (Lipinski definition) is 5. The van der Waals surface area contributed by atoms with Gasteiger partial charge in [0.15, 0.2) is 5.13 Å². The lowest BCUT2D eigenvalue weighted by Gasteiger charge is -1.98. The highest BCUT2D eigenvalue weighted by molar-refractivity contribution is 7.17. The summed E-state index contributed by atoms with van der Waals surface area (Å²) in [5.74, 6) is -0.949. The van der Waals surface area contributed by atoms with Gasteiger partial charge in [0.2, 0.25) is 0 Å². The average Bonchev–Trinajstić information content (AvgIpc) is 2.47. The number of aliphatic hydroxyl groups excluding tert-OH is 1. The van der Waals surface area contributed by atoms with E-state index in [4.69, 9.17) is 10.2 Å². The van der Waals surface area contributed by atoms with Crippen LogP contribution in [0.1, 0.15) is 21.8 Å². The third-order valence-corrected chi connectivity index (χ3v) is 2.71. The molecule has 0 unspecified atom stereocenters. The summed E-state index contributed by atoms with van der Waals surface area (Å²) < 4.78 is 0. The molecule has 0 amide bonds. The van der Waals surface area contributed by atoms with E-state index in [1.54, 1.807) is 6.92 Å². The van der Waals surface area contributed by atoms with Crippen LogP contribution < -0.4 is 5.32 Å². The van der Waals surface area contributed by atoms with Crippen LogP contribution in [0.15, 0.2) is 0 Å². The summed E-state index contributed by atoms with van der Waals surface area (Å²) in [5, 5.41) is 20.8. The number of thiazole rings is 1. The van der Waals surface area contributed by atoms with Crippen LogP contribution in [0.2, 0.25) is 0 Å². The second kappa shape index (κ2) is 4.92. The number of aromatic carboxylic acids is 1. The van der Waals surface area contributed by atoms with E-state index in [-0.39, 0.29) is 11.5 Å². The molecule has 0 aliphatic carbocycles. The first-order chi connectivity index (χ1) is 6.65. The minimum Gasteiger partial charge on any atom is -0.477 e. The van der Waals surface area contributed by atoms with E-state index in [0.29, 0.717) is 23.8 Å². The van der Waals surface area contributed by atoms with Gasteiger partial charge in [-0.2, -0.15) is 0 Å². The van der Waals surface area contributed by atoms with E-state index in [2.05, 4.69) is 10.3 Å². The van der Waals surface area contributed by atoms with Crippen molar-refractivity contribution in [2.75, 3.05) is 18.5 Å². The number of carboxylic acid groups (broad SMARTS) is 1. The van der Waals surface area contributed by atoms with E-state index in [9.17, 15) is 4.79 Å². The summed E-state index contributed by atoms with van der Waals surface area (Å²) in [6.07, 6.45) is 0.626. The first-order valence-corrected chi connectivity index (χ1v) is 5.02. The lowest BCUT2D eigenvalue weighted by atomic mass is 10.4. The Bertz CT molecular complexity index is 324. The Kier molecular flexibility index (Phi) is 3.84. The molecule has 14 heavy (non-hydrogen) atoms. The van der Waals surface area contributed by atoms with Crippen molar-refractivity contribution < 1.29 is 15.0 Å². The number of carbonyl (C=O) groups is 1. The molecule has 0 fully saturated rings. The summed E-state index contributed by atoms with van der Waals surface area (Å²) in [5.41, 5.74) is 0.522. The molecule has 0 saturated carbocycles. The van der Waals surface area contributed by atoms with Crippen molar-refractivity contribution in [1.29, 1.82) is 0 Å². The molecule has 0 aliphatic rings. The maximum Gasteiger partial charge on any atom is 0.347 e. The molecule has 1 aromatic rings. The number of aryl methyl sites for hydroxylation is 1. The molecule has 0 atom stereocenters. The fourth-order valence-electron chi connectivity index (χ4n) is 0.945. The molecule has 0 aliphatic heterocycles. The first-order valence-electron chi connectivity index (χ1n) is 4.20. The summed E-state index contributed by atoms with van der Waals surface area (Å²) in [6.45, 7) is 2.38. The third kappa shape index (κ3) is 2.68. The van der Waals surface area contributed by atoms with Crippen LogP contribution in [0.25, 0.3) is 0 Å². The van der Waals surface area contributed by atoms with Gasteiger partial charge in [-0.05, 0) is 13.3 Å². The maximum atomic E-state index is 10.7. The molecule has 0 saturated heterocycles. The van der Waals surface area contributed by atoms with Gasteiger partial charge in [-0.3, -0.25) is 0 Å². The maximum absolute atomic E-state index is 10.7. The SMILES string of the molecule is Cc1nc(NCCCO)sc1C(=O)O. The average molecular weight is 216 g/mol. The molecule has 5 nitrogen and oxygen atoms in total. The van der Waals surface area contributed by atoms with Gasteiger partial charge in [-0.15, -0.1) is 0 Å². The number of aromatic nitrogens is 1. The predicted molar refractivity (Wildman–Crippen MR) is 54.0 cm³/mol. The zero-order valence-electron chi connectivity index (χ0n) is 7.78. The molecule has 6 heteroatoms. The summed E-state index contributed by atoms with van der Waals surface area (Å²) in [6, 6.07) is 0. The van der Waals surface area contributed by atoms with Crippen LogP contribution in [-0.2, 0) is 0 Å². The number of hydrogen-bond donors (Lipinski definition) is 3. The van der Waals surface area contributed by atoms with Gasteiger partial charge in [0.05, 0.1) is 5.69 Å². The zero-order chi connectivity index (χ0) is 10.6. The minimum absolute atomic E-state index is 0.114. The minimum atomic E-state index is -0.949. The number of anilines is 1.